The first-order valence-corrected chi connectivity index (χ1v) is 8.44. The van der Waals surface area contributed by atoms with Gasteiger partial charge in [-0.05, 0) is 59.5 Å². The monoisotopic (exact) mass is 376 g/mol. The highest BCUT2D eigenvalue weighted by Gasteiger charge is 2.17. The quantitative estimate of drug-likeness (QED) is 0.351. The van der Waals surface area contributed by atoms with Gasteiger partial charge in [0, 0.05) is 17.1 Å². The van der Waals surface area contributed by atoms with Gasteiger partial charge in [0.15, 0.2) is 0 Å². The molecule has 10 heteroatoms. The summed E-state index contributed by atoms with van der Waals surface area (Å²) in [4.78, 5) is 1.90. The minimum atomic E-state index is -1.56. The summed E-state index contributed by atoms with van der Waals surface area (Å²) in [6, 6.07) is 20.4. The molecule has 0 aromatic heterocycles. The van der Waals surface area contributed by atoms with Gasteiger partial charge in [-0.3, -0.25) is 0 Å². The number of nitrogens with zero attached hydrogens (tertiary/aromatic N) is 1. The van der Waals surface area contributed by atoms with E-state index in [1.165, 1.54) is 0 Å². The lowest BCUT2D eigenvalue weighted by Crippen LogP contribution is -2.30. The fraction of sp³-hybridized carbons (Fsp3) is 0. The second-order valence-electron chi connectivity index (χ2n) is 5.98. The summed E-state index contributed by atoms with van der Waals surface area (Å²) in [5, 5.41) is 46.0. The van der Waals surface area contributed by atoms with Crippen molar-refractivity contribution in [3.63, 3.8) is 0 Å². The lowest BCUT2D eigenvalue weighted by molar-refractivity contribution is 0.424. The summed E-state index contributed by atoms with van der Waals surface area (Å²) < 4.78 is 4.94. The van der Waals surface area contributed by atoms with Crippen LogP contribution in [-0.4, -0.2) is 47.0 Å². The van der Waals surface area contributed by atoms with E-state index in [4.69, 9.17) is 9.68 Å². The minimum absolute atomic E-state index is 0.365. The highest BCUT2D eigenvalue weighted by molar-refractivity contribution is 6.59. The maximum absolute atomic E-state index is 9.31. The van der Waals surface area contributed by atoms with E-state index >= 15 is 0 Å². The number of rotatable bonds is 7. The molecule has 0 amide bonds. The van der Waals surface area contributed by atoms with Crippen molar-refractivity contribution in [2.24, 2.45) is 0 Å². The summed E-state index contributed by atoms with van der Waals surface area (Å²) in [5.41, 5.74) is 3.02. The lowest BCUT2D eigenvalue weighted by atomic mass is 9.80. The number of hydrogen-bond acceptors (Lipinski definition) is 7. The number of benzene rings is 3. The van der Waals surface area contributed by atoms with Gasteiger partial charge in [0.25, 0.3) is 0 Å². The molecule has 3 aromatic carbocycles. The van der Waals surface area contributed by atoms with Crippen LogP contribution in [-0.2, 0) is 0 Å². The van der Waals surface area contributed by atoms with Crippen LogP contribution in [0.15, 0.2) is 72.8 Å². The van der Waals surface area contributed by atoms with Crippen LogP contribution in [0, 0.1) is 0 Å². The summed E-state index contributed by atoms with van der Waals surface area (Å²) in [7, 11) is -2.51. The molecule has 28 heavy (non-hydrogen) atoms. The van der Waals surface area contributed by atoms with Crippen molar-refractivity contribution in [3.05, 3.63) is 72.8 Å². The molecule has 0 aliphatic carbocycles. The van der Waals surface area contributed by atoms with E-state index in [0.717, 1.165) is 17.1 Å². The van der Waals surface area contributed by atoms with E-state index in [2.05, 4.69) is 0 Å². The van der Waals surface area contributed by atoms with Crippen molar-refractivity contribution in [1.82, 2.24) is 0 Å². The summed E-state index contributed by atoms with van der Waals surface area (Å²) in [6.45, 7) is 0. The normalized spacial score (nSPS) is 10.3. The van der Waals surface area contributed by atoms with Crippen molar-refractivity contribution in [1.29, 1.82) is 0 Å². The molecule has 0 atom stereocenters. The molecule has 0 spiro atoms. The van der Waals surface area contributed by atoms with Crippen LogP contribution >= 0.6 is 0 Å². The molecule has 139 valence electrons. The average molecular weight is 376 g/mol. The van der Waals surface area contributed by atoms with Crippen molar-refractivity contribution in [2.75, 3.05) is 4.90 Å². The Morgan fingerprint density at radius 3 is 1.29 bits per heavy atom. The Balaban J connectivity index is 2.02. The van der Waals surface area contributed by atoms with Gasteiger partial charge in [-0.15, -0.1) is 0 Å². The molecule has 0 aliphatic heterocycles. The smallest absolute Gasteiger partial charge is 0.537 e. The maximum atomic E-state index is 9.31. The maximum Gasteiger partial charge on any atom is 0.569 e. The van der Waals surface area contributed by atoms with Crippen LogP contribution in [0.3, 0.4) is 0 Å². The number of hydrogen-bond donors (Lipinski definition) is 5. The molecule has 7 nitrogen and oxygen atoms in total. The molecule has 3 rings (SSSR count). The molecule has 0 aliphatic rings. The summed E-state index contributed by atoms with van der Waals surface area (Å²) >= 11 is 0. The fourth-order valence-corrected chi connectivity index (χ4v) is 2.77. The van der Waals surface area contributed by atoms with Gasteiger partial charge in [-0.1, -0.05) is 24.3 Å². The SMILES string of the molecule is O[B]Oc1ccc(N(c2ccc(B(O)O)cc2)c2ccc(B(O)O)cc2)cc1. The van der Waals surface area contributed by atoms with Crippen molar-refractivity contribution < 1.29 is 29.8 Å². The van der Waals surface area contributed by atoms with Crippen LogP contribution < -0.4 is 20.5 Å². The average Bonchev–Trinajstić information content (AvgIpc) is 2.70. The predicted molar refractivity (Wildman–Crippen MR) is 109 cm³/mol. The van der Waals surface area contributed by atoms with E-state index in [0.29, 0.717) is 24.4 Å². The first-order valence-electron chi connectivity index (χ1n) is 8.44. The lowest BCUT2D eigenvalue weighted by Gasteiger charge is -2.26. The zero-order valence-electron chi connectivity index (χ0n) is 14.8. The second kappa shape index (κ2) is 8.96. The third kappa shape index (κ3) is 4.56. The largest absolute Gasteiger partial charge is 0.569 e. The molecule has 0 unspecified atom stereocenters. The van der Waals surface area contributed by atoms with Gasteiger partial charge < -0.3 is 34.7 Å². The molecule has 5 N–H and O–H groups in total. The minimum Gasteiger partial charge on any atom is -0.537 e. The van der Waals surface area contributed by atoms with Gasteiger partial charge in [0.05, 0.1) is 0 Å². The van der Waals surface area contributed by atoms with E-state index in [9.17, 15) is 20.1 Å². The van der Waals surface area contributed by atoms with E-state index < -0.39 is 14.2 Å². The highest BCUT2D eigenvalue weighted by atomic mass is 16.5. The summed E-state index contributed by atoms with van der Waals surface area (Å²) in [5.74, 6) is 0.462. The van der Waals surface area contributed by atoms with Gasteiger partial charge >= 0.3 is 21.9 Å². The Labute approximate surface area is 163 Å². The molecular formula is C18H17B3NO6. The van der Waals surface area contributed by atoms with Crippen LogP contribution in [0.5, 0.6) is 5.75 Å². The molecule has 0 fully saturated rings. The molecule has 3 aromatic rings. The third-order valence-electron chi connectivity index (χ3n) is 4.18. The second-order valence-corrected chi connectivity index (χ2v) is 5.98. The number of anilines is 3. The third-order valence-corrected chi connectivity index (χ3v) is 4.18. The Bertz CT molecular complexity index is 837. The summed E-state index contributed by atoms with van der Waals surface area (Å²) in [6.07, 6.45) is 0. The molecular weight excluding hydrogens is 359 g/mol. The first kappa shape index (κ1) is 20.0. The molecule has 0 bridgehead atoms. The molecule has 0 saturated carbocycles. The highest BCUT2D eigenvalue weighted by Crippen LogP contribution is 2.34. The van der Waals surface area contributed by atoms with E-state index in [1.54, 1.807) is 72.8 Å². The van der Waals surface area contributed by atoms with Crippen LogP contribution in [0.1, 0.15) is 0 Å². The van der Waals surface area contributed by atoms with Crippen LogP contribution in [0.2, 0.25) is 0 Å². The molecule has 0 saturated heterocycles. The first-order chi connectivity index (χ1) is 13.5. The molecule has 0 heterocycles. The van der Waals surface area contributed by atoms with E-state index in [-0.39, 0.29) is 0 Å². The zero-order valence-corrected chi connectivity index (χ0v) is 14.8. The van der Waals surface area contributed by atoms with Gasteiger partial charge in [-0.25, -0.2) is 0 Å². The predicted octanol–water partition coefficient (Wildman–Crippen LogP) is -0.579. The standard InChI is InChI=1S/C18H17B3NO6/c23-19-28-18-11-9-17(10-12-18)22(15-5-1-13(2-6-15)20(24)25)16-7-3-14(4-8-16)21(26)27/h1-12,23-27H. The Hall–Kier alpha value is -2.75. The Kier molecular flexibility index (Phi) is 6.40. The van der Waals surface area contributed by atoms with Crippen LogP contribution in [0.25, 0.3) is 0 Å². The Morgan fingerprint density at radius 1 is 0.607 bits per heavy atom. The van der Waals surface area contributed by atoms with Gasteiger partial charge in [-0.2, -0.15) is 0 Å². The fourth-order valence-electron chi connectivity index (χ4n) is 2.77. The van der Waals surface area contributed by atoms with E-state index in [1.807, 2.05) is 4.90 Å². The van der Waals surface area contributed by atoms with Crippen LogP contribution in [0.4, 0.5) is 17.1 Å². The molecule has 1 radical (unpaired) electrons. The van der Waals surface area contributed by atoms with Crippen molar-refractivity contribution in [2.45, 2.75) is 0 Å². The van der Waals surface area contributed by atoms with Crippen molar-refractivity contribution >= 4 is 49.9 Å². The topological polar surface area (TPSA) is 114 Å². The van der Waals surface area contributed by atoms with Crippen molar-refractivity contribution in [3.8, 4) is 5.75 Å². The van der Waals surface area contributed by atoms with Gasteiger partial charge in [0.1, 0.15) is 5.75 Å². The zero-order chi connectivity index (χ0) is 20.1. The van der Waals surface area contributed by atoms with Gasteiger partial charge in [0.2, 0.25) is 0 Å². The Morgan fingerprint density at radius 2 is 0.964 bits per heavy atom.